The van der Waals surface area contributed by atoms with Crippen LogP contribution in [-0.4, -0.2) is 212 Å². The largest absolute Gasteiger partial charge is 0.379 e. The van der Waals surface area contributed by atoms with Crippen LogP contribution >= 0.6 is 55.1 Å². The van der Waals surface area contributed by atoms with Crippen LogP contribution in [0.25, 0.3) is 98.5 Å². The van der Waals surface area contributed by atoms with Gasteiger partial charge in [0.2, 0.25) is 0 Å². The van der Waals surface area contributed by atoms with Gasteiger partial charge in [-0.2, -0.15) is 0 Å². The number of hydrogen-bond acceptors (Lipinski definition) is 13. The molecule has 0 aliphatic carbocycles. The van der Waals surface area contributed by atoms with E-state index in [4.69, 9.17) is 52.4 Å². The number of benzene rings is 6. The van der Waals surface area contributed by atoms with Crippen molar-refractivity contribution in [3.63, 3.8) is 0 Å². The molecule has 4 saturated heterocycles. The van der Waals surface area contributed by atoms with Crippen LogP contribution in [0.5, 0.6) is 0 Å². The average Bonchev–Trinajstić information content (AvgIpc) is 1.56. The molecule has 6 aliphatic heterocycles. The van der Waals surface area contributed by atoms with Crippen LogP contribution in [0.15, 0.2) is 136 Å². The van der Waals surface area contributed by atoms with Crippen LogP contribution < -0.4 is 14.7 Å². The molecule has 0 saturated carbocycles. The Kier molecular flexibility index (Phi) is 20.3. The van der Waals surface area contributed by atoms with Crippen molar-refractivity contribution < 1.29 is 14.2 Å². The Bertz CT molecular complexity index is 4840. The monoisotopic (exact) mass is 1480 g/mol. The minimum Gasteiger partial charge on any atom is -0.379 e. The van der Waals surface area contributed by atoms with Crippen LogP contribution in [0, 0.1) is 0 Å². The normalized spacial score (nSPS) is 17.8. The number of nitrogens with zero attached hydrogens (tertiary/aromatic N) is 13. The first-order valence-electron chi connectivity index (χ1n) is 35.8. The molecule has 16 nitrogen and oxygen atoms in total. The van der Waals surface area contributed by atoms with Gasteiger partial charge in [0.15, 0.2) is 0 Å². The third-order valence-corrected chi connectivity index (χ3v) is 22.8. The van der Waals surface area contributed by atoms with Crippen molar-refractivity contribution in [2.24, 2.45) is 0 Å². The molecule has 0 amide bonds. The highest BCUT2D eigenvalue weighted by molar-refractivity contribution is 9.10. The van der Waals surface area contributed by atoms with Crippen LogP contribution in [0.2, 0.25) is 5.02 Å². The fraction of sp³-hybridized carbons (Fsp3) is 0.423. The van der Waals surface area contributed by atoms with Crippen molar-refractivity contribution in [2.45, 2.75) is 51.7 Å². The molecule has 12 aromatic rings. The smallest absolute Gasteiger partial charge is 0.0989 e. The third kappa shape index (κ3) is 13.5. The maximum atomic E-state index is 6.76. The van der Waals surface area contributed by atoms with Gasteiger partial charge in [-0.15, -0.1) is 11.6 Å². The van der Waals surface area contributed by atoms with Gasteiger partial charge in [0, 0.05) is 190 Å². The fourth-order valence-electron chi connectivity index (χ4n) is 16.2. The molecule has 6 aliphatic rings. The number of rotatable bonds is 15. The van der Waals surface area contributed by atoms with E-state index in [2.05, 4.69) is 177 Å². The summed E-state index contributed by atoms with van der Waals surface area (Å²) >= 11 is 19.9. The van der Waals surface area contributed by atoms with Gasteiger partial charge in [0.25, 0.3) is 0 Å². The first kappa shape index (κ1) is 66.2. The van der Waals surface area contributed by atoms with E-state index in [1.165, 1.54) is 79.0 Å². The number of pyridine rings is 3. The van der Waals surface area contributed by atoms with Gasteiger partial charge in [0.1, 0.15) is 0 Å². The maximum absolute atomic E-state index is 6.76. The number of aryl methyl sites for hydroxylation is 3. The summed E-state index contributed by atoms with van der Waals surface area (Å²) in [6, 6.07) is 45.5. The summed E-state index contributed by atoms with van der Waals surface area (Å²) in [5.74, 6) is 0.621. The molecule has 98 heavy (non-hydrogen) atoms. The number of para-hydroxylation sites is 3. The van der Waals surface area contributed by atoms with Gasteiger partial charge < -0.3 is 42.6 Å². The molecule has 0 N–H and O–H groups in total. The quantitative estimate of drug-likeness (QED) is 0.0911. The van der Waals surface area contributed by atoms with Crippen LogP contribution in [0.4, 0.5) is 17.1 Å². The molecular formula is C78H87Br2Cl2N13O3. The summed E-state index contributed by atoms with van der Waals surface area (Å²) in [5.41, 5.74) is 17.8. The minimum absolute atomic E-state index is 0.621. The van der Waals surface area contributed by atoms with Crippen molar-refractivity contribution >= 4 is 171 Å². The number of hydrogen-bond donors (Lipinski definition) is 0. The Hall–Kier alpha value is -6.39. The first-order valence-corrected chi connectivity index (χ1v) is 38.3. The molecule has 6 aromatic carbocycles. The van der Waals surface area contributed by atoms with Crippen LogP contribution in [0.1, 0.15) is 32.1 Å². The lowest BCUT2D eigenvalue weighted by molar-refractivity contribution is 0.0331. The standard InChI is InChI=1S/C35H47N7O2.C25H27BrN4O.C18H13BrCl2N2/c1-2-6-31-29(5-1)34-35-33(36-31)30-27-28(40-17-15-38(16-18-40)13-14-39-21-25-44-26-22-39)7-8-32(30)42(35)12-4-11-41(34)10-3-9-37-19-23-43-24-20-37;26-18-7-8-22-20(17-18)23-25-24(19-5-1-2-6-21(19)27-23)29(11-4-12-30(22)25)10-3-9-28-13-15-31-16-14-28;19-11-6-7-15-13(10-11)17-18(23(15)9-3-8-20)16(21)12-4-1-2-5-14(12)22-17/h1-2,5-8,27H,3-4,9-26H2;1-2,5-8,17H,3-4,9-16H2;1-2,4-7,10H,3,8-9H2. The van der Waals surface area contributed by atoms with Gasteiger partial charge in [-0.3, -0.25) is 19.6 Å². The van der Waals surface area contributed by atoms with Crippen LogP contribution in [0.3, 0.4) is 0 Å². The highest BCUT2D eigenvalue weighted by atomic mass is 79.9. The molecule has 6 aromatic heterocycles. The number of alkyl halides is 1. The zero-order valence-electron chi connectivity index (χ0n) is 56.0. The highest BCUT2D eigenvalue weighted by Gasteiger charge is 2.29. The lowest BCUT2D eigenvalue weighted by atomic mass is 10.1. The number of aromatic nitrogens is 6. The number of halogens is 4. The molecule has 4 fully saturated rings. The summed E-state index contributed by atoms with van der Waals surface area (Å²) in [6.07, 6.45) is 5.52. The molecule has 0 unspecified atom stereocenters. The Morgan fingerprint density at radius 2 is 0.806 bits per heavy atom. The van der Waals surface area contributed by atoms with Crippen LogP contribution in [-0.2, 0) is 33.8 Å². The zero-order valence-corrected chi connectivity index (χ0v) is 60.7. The van der Waals surface area contributed by atoms with Gasteiger partial charge in [-0.1, -0.05) is 98.1 Å². The second-order valence-electron chi connectivity index (χ2n) is 27.1. The van der Waals surface area contributed by atoms with Gasteiger partial charge in [0.05, 0.1) is 122 Å². The molecule has 0 bridgehead atoms. The summed E-state index contributed by atoms with van der Waals surface area (Å²) in [4.78, 5) is 33.5. The molecule has 12 heterocycles. The van der Waals surface area contributed by atoms with E-state index in [0.717, 1.165) is 260 Å². The van der Waals surface area contributed by atoms with Gasteiger partial charge >= 0.3 is 0 Å². The Morgan fingerprint density at radius 1 is 0.378 bits per heavy atom. The lowest BCUT2D eigenvalue weighted by Crippen LogP contribution is -2.49. The average molecular weight is 1490 g/mol. The number of anilines is 3. The van der Waals surface area contributed by atoms with E-state index in [1.807, 2.05) is 30.3 Å². The van der Waals surface area contributed by atoms with Crippen molar-refractivity contribution in [3.05, 3.63) is 141 Å². The van der Waals surface area contributed by atoms with Gasteiger partial charge in [-0.05, 0) is 105 Å². The number of fused-ring (bicyclic) bond motifs is 14. The summed E-state index contributed by atoms with van der Waals surface area (Å²) in [5, 5.41) is 7.94. The fourth-order valence-corrected chi connectivity index (χ4v) is 17.4. The maximum Gasteiger partial charge on any atom is 0.0989 e. The molecular weight excluding hydrogens is 1400 g/mol. The first-order chi connectivity index (χ1) is 48.3. The molecule has 0 atom stereocenters. The minimum atomic E-state index is 0.621. The molecule has 510 valence electrons. The molecule has 0 radical (unpaired) electrons. The second kappa shape index (κ2) is 30.0. The lowest BCUT2D eigenvalue weighted by Gasteiger charge is -2.37. The van der Waals surface area contributed by atoms with E-state index < -0.39 is 0 Å². The van der Waals surface area contributed by atoms with Gasteiger partial charge in [-0.25, -0.2) is 15.0 Å². The topological polar surface area (TPSA) is 104 Å². The van der Waals surface area contributed by atoms with Crippen molar-refractivity contribution in [1.29, 1.82) is 0 Å². The Labute approximate surface area is 600 Å². The number of morpholine rings is 3. The van der Waals surface area contributed by atoms with E-state index in [1.54, 1.807) is 0 Å². The molecule has 18 rings (SSSR count). The highest BCUT2D eigenvalue weighted by Crippen LogP contribution is 2.45. The van der Waals surface area contributed by atoms with E-state index in [-0.39, 0.29) is 0 Å². The predicted molar refractivity (Wildman–Crippen MR) is 413 cm³/mol. The molecule has 0 spiro atoms. The third-order valence-electron chi connectivity index (χ3n) is 21.2. The van der Waals surface area contributed by atoms with Crippen molar-refractivity contribution in [2.75, 3.05) is 178 Å². The SMILES string of the molecule is Brc1ccc2c(c1)c1nc3ccccc3c3c1n2CCCN3CCCN1CCOCC1.ClCCCn1c2ccc(Br)cc2c2nc3ccccc3c(Cl)c21.c1ccc2c3c4c(nc2c1)c1cc(N2CCN(CCN5CCOCC5)CC2)ccc1n4CCCN3CCCN1CCOCC1. The summed E-state index contributed by atoms with van der Waals surface area (Å²) in [7, 11) is 0. The molecule has 20 heteroatoms. The zero-order chi connectivity index (χ0) is 66.1. The predicted octanol–water partition coefficient (Wildman–Crippen LogP) is 15.2. The van der Waals surface area contributed by atoms with E-state index in [9.17, 15) is 0 Å². The second-order valence-corrected chi connectivity index (χ2v) is 29.7. The Morgan fingerprint density at radius 3 is 1.33 bits per heavy atom. The van der Waals surface area contributed by atoms with E-state index in [0.29, 0.717) is 5.88 Å². The summed E-state index contributed by atoms with van der Waals surface area (Å²) < 4.78 is 26.1. The number of ether oxygens (including phenoxy) is 3. The van der Waals surface area contributed by atoms with Crippen molar-refractivity contribution in [1.82, 2.24) is 48.3 Å². The summed E-state index contributed by atoms with van der Waals surface area (Å²) in [6.45, 7) is 27.8. The Balaban J connectivity index is 0.000000122. The van der Waals surface area contributed by atoms with Crippen molar-refractivity contribution in [3.8, 4) is 0 Å². The number of piperazine rings is 1. The van der Waals surface area contributed by atoms with E-state index >= 15 is 0 Å².